The Bertz CT molecular complexity index is 1590. The van der Waals surface area contributed by atoms with E-state index in [0.717, 1.165) is 56.2 Å². The fourth-order valence-electron chi connectivity index (χ4n) is 9.27. The Labute approximate surface area is 310 Å². The van der Waals surface area contributed by atoms with Gasteiger partial charge in [0.1, 0.15) is 5.76 Å². The third-order valence-corrected chi connectivity index (χ3v) is 12.0. The van der Waals surface area contributed by atoms with Crippen molar-refractivity contribution in [2.75, 3.05) is 13.6 Å². The number of hydrogen-bond acceptors (Lipinski definition) is 8. The number of hydrogen-bond donors (Lipinski definition) is 2. The molecule has 1 fully saturated rings. The Balaban J connectivity index is 1.04. The van der Waals surface area contributed by atoms with Gasteiger partial charge in [0, 0.05) is 30.0 Å². The quantitative estimate of drug-likeness (QED) is 0.0845. The molecule has 1 spiro atoms. The van der Waals surface area contributed by atoms with Gasteiger partial charge in [-0.15, -0.1) is 0 Å². The molecule has 0 amide bonds. The van der Waals surface area contributed by atoms with Crippen LogP contribution in [0.25, 0.3) is 0 Å². The molecule has 0 radical (unpaired) electrons. The maximum atomic E-state index is 14.0. The van der Waals surface area contributed by atoms with Gasteiger partial charge in [-0.25, -0.2) is 4.79 Å². The molecule has 0 aromatic heterocycles. The van der Waals surface area contributed by atoms with Gasteiger partial charge in [0.05, 0.1) is 11.0 Å². The number of likely N-dealkylation sites (N-methyl/N-ethyl adjacent to an activating group) is 1. The van der Waals surface area contributed by atoms with Crippen LogP contribution in [0.5, 0.6) is 11.5 Å². The van der Waals surface area contributed by atoms with E-state index in [-0.39, 0.29) is 30.4 Å². The van der Waals surface area contributed by atoms with Crippen LogP contribution < -0.4 is 4.74 Å². The second-order valence-electron chi connectivity index (χ2n) is 15.5. The lowest BCUT2D eigenvalue weighted by Gasteiger charge is -2.56. The van der Waals surface area contributed by atoms with Gasteiger partial charge < -0.3 is 29.3 Å². The van der Waals surface area contributed by atoms with Gasteiger partial charge in [-0.3, -0.25) is 4.79 Å². The second kappa shape index (κ2) is 17.5. The average molecular weight is 714 g/mol. The molecule has 6 rings (SSSR count). The van der Waals surface area contributed by atoms with Gasteiger partial charge >= 0.3 is 11.9 Å². The molecule has 2 heterocycles. The van der Waals surface area contributed by atoms with Crippen LogP contribution >= 0.6 is 0 Å². The van der Waals surface area contributed by atoms with E-state index < -0.39 is 35.2 Å². The van der Waals surface area contributed by atoms with Crippen LogP contribution in [0.15, 0.2) is 66.5 Å². The Morgan fingerprint density at radius 3 is 2.38 bits per heavy atom. The molecule has 5 atom stereocenters. The normalized spacial score (nSPS) is 25.2. The molecule has 282 valence electrons. The van der Waals surface area contributed by atoms with Crippen molar-refractivity contribution in [1.29, 1.82) is 0 Å². The first-order chi connectivity index (χ1) is 25.3. The summed E-state index contributed by atoms with van der Waals surface area (Å²) < 4.78 is 18.5. The summed E-state index contributed by atoms with van der Waals surface area (Å²) in [5.74, 6) is -0.484. The highest BCUT2D eigenvalue weighted by molar-refractivity contribution is 5.82. The first kappa shape index (κ1) is 38.1. The van der Waals surface area contributed by atoms with E-state index in [1.54, 1.807) is 36.4 Å². The number of allylic oxidation sites excluding steroid dienone is 2. The highest BCUT2D eigenvalue weighted by atomic mass is 16.6. The van der Waals surface area contributed by atoms with Crippen molar-refractivity contribution in [1.82, 2.24) is 4.90 Å². The van der Waals surface area contributed by atoms with E-state index in [0.29, 0.717) is 30.6 Å². The van der Waals surface area contributed by atoms with Crippen molar-refractivity contribution in [3.05, 3.63) is 83.1 Å². The van der Waals surface area contributed by atoms with Crippen molar-refractivity contribution in [2.24, 2.45) is 0 Å². The molecule has 0 saturated carbocycles. The molecule has 8 heteroatoms. The molecule has 2 aromatic carbocycles. The zero-order chi connectivity index (χ0) is 36.6. The molecule has 2 aliphatic carbocycles. The lowest BCUT2D eigenvalue weighted by molar-refractivity contribution is -0.169. The van der Waals surface area contributed by atoms with Gasteiger partial charge in [0.2, 0.25) is 6.10 Å². The fourth-order valence-corrected chi connectivity index (χ4v) is 9.27. The number of phenols is 1. The van der Waals surface area contributed by atoms with Gasteiger partial charge in [-0.2, -0.15) is 0 Å². The lowest BCUT2D eigenvalue weighted by Crippen LogP contribution is -2.69. The Morgan fingerprint density at radius 2 is 1.65 bits per heavy atom. The number of aromatic hydroxyl groups is 1. The first-order valence-corrected chi connectivity index (χ1v) is 20.1. The molecule has 2 aliphatic heterocycles. The third-order valence-electron chi connectivity index (χ3n) is 12.0. The minimum Gasteiger partial charge on any atom is -0.504 e. The number of ether oxygens (including phenoxy) is 3. The average Bonchev–Trinajstić information content (AvgIpc) is 3.49. The number of benzene rings is 2. The number of aliphatic hydroxyl groups is 1. The van der Waals surface area contributed by atoms with E-state index in [4.69, 9.17) is 14.2 Å². The number of nitrogens with zero attached hydrogens (tertiary/aromatic N) is 1. The summed E-state index contributed by atoms with van der Waals surface area (Å²) in [6, 6.07) is 12.4. The maximum absolute atomic E-state index is 14.0. The van der Waals surface area contributed by atoms with Gasteiger partial charge in [-0.1, -0.05) is 107 Å². The number of esters is 2. The number of likely N-dealkylation sites (tertiary alicyclic amines) is 1. The van der Waals surface area contributed by atoms with Gasteiger partial charge in [0.15, 0.2) is 17.6 Å². The van der Waals surface area contributed by atoms with Crippen LogP contribution in [0.4, 0.5) is 0 Å². The highest BCUT2D eigenvalue weighted by Gasteiger charge is 2.71. The number of carbonyl (C=O) groups excluding carboxylic acids is 2. The van der Waals surface area contributed by atoms with Crippen LogP contribution in [0.1, 0.15) is 139 Å². The SMILES string of the molecule is CCCCCCCC/C=C/CCCCCCCC(=O)O[C@H](C(=O)OC1=CC[C@@]2(O)[C@H]3Cc4ccc(O)c5c4[C@@]2(CCCN3C)[C@H]1O5)c1ccccc1. The minimum atomic E-state index is -1.25. The molecular formula is C44H59NO7. The Morgan fingerprint density at radius 1 is 0.962 bits per heavy atom. The third kappa shape index (κ3) is 7.84. The minimum absolute atomic E-state index is 0.0123. The van der Waals surface area contributed by atoms with E-state index in [9.17, 15) is 19.8 Å². The Kier molecular flexibility index (Phi) is 12.8. The zero-order valence-electron chi connectivity index (χ0n) is 31.3. The largest absolute Gasteiger partial charge is 0.504 e. The van der Waals surface area contributed by atoms with Crippen LogP contribution in [0.2, 0.25) is 0 Å². The molecule has 2 N–H and O–H groups in total. The van der Waals surface area contributed by atoms with Crippen LogP contribution in [0.3, 0.4) is 0 Å². The number of unbranched alkanes of at least 4 members (excludes halogenated alkanes) is 11. The van der Waals surface area contributed by atoms with E-state index in [2.05, 4.69) is 24.0 Å². The van der Waals surface area contributed by atoms with Crippen molar-refractivity contribution >= 4 is 11.9 Å². The summed E-state index contributed by atoms with van der Waals surface area (Å²) >= 11 is 0. The summed E-state index contributed by atoms with van der Waals surface area (Å²) in [6.45, 7) is 3.07. The molecule has 4 aliphatic rings. The molecule has 8 nitrogen and oxygen atoms in total. The monoisotopic (exact) mass is 713 g/mol. The highest BCUT2D eigenvalue weighted by Crippen LogP contribution is 2.65. The second-order valence-corrected chi connectivity index (χ2v) is 15.5. The fraction of sp³-hybridized carbons (Fsp3) is 0.591. The summed E-state index contributed by atoms with van der Waals surface area (Å²) in [5.41, 5.74) is 0.329. The lowest BCUT2D eigenvalue weighted by atomic mass is 9.52. The van der Waals surface area contributed by atoms with Gasteiger partial charge in [0.25, 0.3) is 0 Å². The summed E-state index contributed by atoms with van der Waals surface area (Å²) in [7, 11) is 2.05. The van der Waals surface area contributed by atoms with Crippen LogP contribution in [-0.4, -0.2) is 58.4 Å². The first-order valence-electron chi connectivity index (χ1n) is 20.1. The standard InChI is InChI=1S/C44H59NO7/c1-3-4-5-6-7-8-9-10-11-12-13-14-15-16-20-24-37(47)51-39(32-22-18-17-19-23-32)42(48)50-35-27-29-44(49)36-31-33-25-26-34(46)40-38(33)43(44,41(35)52-40)28-21-30-45(36)2/h10-11,17-19,22-23,25-27,36,39,41,46,49H,3-9,12-16,20-21,24,28-31H2,1-2H3/b11-10+/t36-,39+,41+,43+,44-/m1/s1. The predicted octanol–water partition coefficient (Wildman–Crippen LogP) is 8.93. The summed E-state index contributed by atoms with van der Waals surface area (Å²) in [4.78, 5) is 29.4. The summed E-state index contributed by atoms with van der Waals surface area (Å²) in [6.07, 6.45) is 22.1. The van der Waals surface area contributed by atoms with Crippen molar-refractivity contribution < 1.29 is 34.0 Å². The summed E-state index contributed by atoms with van der Waals surface area (Å²) in [5, 5.41) is 23.5. The molecule has 2 aromatic rings. The molecule has 0 unspecified atom stereocenters. The van der Waals surface area contributed by atoms with Crippen molar-refractivity contribution in [2.45, 2.75) is 152 Å². The van der Waals surface area contributed by atoms with E-state index in [1.807, 2.05) is 19.2 Å². The topological polar surface area (TPSA) is 106 Å². The van der Waals surface area contributed by atoms with Crippen LogP contribution in [-0.2, 0) is 30.9 Å². The molecule has 52 heavy (non-hydrogen) atoms. The van der Waals surface area contributed by atoms with Crippen molar-refractivity contribution in [3.63, 3.8) is 0 Å². The maximum Gasteiger partial charge on any atom is 0.357 e. The molecule has 2 bridgehead atoms. The number of phenolic OH excluding ortho intramolecular Hbond substituents is 1. The Hall–Kier alpha value is -3.62. The van der Waals surface area contributed by atoms with Gasteiger partial charge in [-0.05, 0) is 82.7 Å². The van der Waals surface area contributed by atoms with Crippen LogP contribution in [0, 0.1) is 0 Å². The van der Waals surface area contributed by atoms with E-state index >= 15 is 0 Å². The van der Waals surface area contributed by atoms with E-state index in [1.165, 1.54) is 44.9 Å². The number of carbonyl (C=O) groups is 2. The molecule has 1 saturated heterocycles. The predicted molar refractivity (Wildman–Crippen MR) is 202 cm³/mol. The number of rotatable bonds is 19. The zero-order valence-corrected chi connectivity index (χ0v) is 31.3. The van der Waals surface area contributed by atoms with Crippen molar-refractivity contribution in [3.8, 4) is 11.5 Å². The molecular weight excluding hydrogens is 654 g/mol. The smallest absolute Gasteiger partial charge is 0.357 e.